The van der Waals surface area contributed by atoms with Crippen LogP contribution in [-0.2, 0) is 4.74 Å². The van der Waals surface area contributed by atoms with E-state index < -0.39 is 5.97 Å². The van der Waals surface area contributed by atoms with Crippen LogP contribution in [-0.4, -0.2) is 32.6 Å². The molecule has 0 aliphatic rings. The van der Waals surface area contributed by atoms with Gasteiger partial charge in [-0.3, -0.25) is 4.79 Å². The minimum absolute atomic E-state index is 0.113. The van der Waals surface area contributed by atoms with Crippen LogP contribution in [0.25, 0.3) is 0 Å². The maximum Gasteiger partial charge on any atom is 0.337 e. The maximum atomic E-state index is 12.4. The van der Waals surface area contributed by atoms with Gasteiger partial charge in [0.05, 0.1) is 19.8 Å². The summed E-state index contributed by atoms with van der Waals surface area (Å²) in [5, 5.41) is 0. The molecule has 0 aliphatic carbocycles. The number of ether oxygens (including phenoxy) is 3. The summed E-state index contributed by atoms with van der Waals surface area (Å²) in [6.45, 7) is 3.71. The van der Waals surface area contributed by atoms with Crippen molar-refractivity contribution in [3.63, 3.8) is 0 Å². The van der Waals surface area contributed by atoms with Crippen LogP contribution in [0.3, 0.4) is 0 Å². The Morgan fingerprint density at radius 3 is 2.38 bits per heavy atom. The number of hydrogen-bond donors (Lipinski definition) is 0. The lowest BCUT2D eigenvalue weighted by Gasteiger charge is -2.12. The molecule has 0 atom stereocenters. The van der Waals surface area contributed by atoms with Crippen LogP contribution in [0.2, 0.25) is 0 Å². The normalized spacial score (nSPS) is 10.2. The number of Topliss-reactive ketones (excluding diaryl/α,β-unsaturated/α-hetero) is 1. The highest BCUT2D eigenvalue weighted by Gasteiger charge is 2.14. The van der Waals surface area contributed by atoms with E-state index in [0.29, 0.717) is 22.6 Å². The molecule has 0 bridgehead atoms. The van der Waals surface area contributed by atoms with Crippen LogP contribution < -0.4 is 9.47 Å². The molecule has 0 heterocycles. The molecule has 5 nitrogen and oxygen atoms in total. The molecule has 2 aromatic rings. The number of carbonyl (C=O) groups is 2. The summed E-state index contributed by atoms with van der Waals surface area (Å²) in [7, 11) is 2.78. The number of aryl methyl sites for hydroxylation is 2. The van der Waals surface area contributed by atoms with Gasteiger partial charge in [-0.2, -0.15) is 0 Å². The molecular weight excluding hydrogens is 308 g/mol. The Kier molecular flexibility index (Phi) is 5.58. The molecule has 0 spiro atoms. The van der Waals surface area contributed by atoms with Gasteiger partial charge in [0, 0.05) is 5.56 Å². The number of ketones is 1. The first-order valence-corrected chi connectivity index (χ1v) is 7.46. The number of hydrogen-bond acceptors (Lipinski definition) is 5. The molecule has 24 heavy (non-hydrogen) atoms. The third kappa shape index (κ3) is 3.93. The van der Waals surface area contributed by atoms with E-state index >= 15 is 0 Å². The minimum atomic E-state index is -0.466. The smallest absolute Gasteiger partial charge is 0.337 e. The molecule has 0 aliphatic heterocycles. The van der Waals surface area contributed by atoms with Gasteiger partial charge in [0.15, 0.2) is 23.9 Å². The number of methoxy groups -OCH3 is 2. The van der Waals surface area contributed by atoms with E-state index in [-0.39, 0.29) is 12.4 Å². The molecule has 2 rings (SSSR count). The predicted molar refractivity (Wildman–Crippen MR) is 90.1 cm³/mol. The Hall–Kier alpha value is -2.82. The van der Waals surface area contributed by atoms with Gasteiger partial charge >= 0.3 is 5.97 Å². The summed E-state index contributed by atoms with van der Waals surface area (Å²) < 4.78 is 15.5. The zero-order valence-electron chi connectivity index (χ0n) is 14.2. The van der Waals surface area contributed by atoms with Crippen LogP contribution in [0.4, 0.5) is 0 Å². The summed E-state index contributed by atoms with van der Waals surface area (Å²) in [4.78, 5) is 23.9. The number of esters is 1. The first-order valence-electron chi connectivity index (χ1n) is 7.46. The Bertz CT molecular complexity index is 764. The van der Waals surface area contributed by atoms with E-state index in [4.69, 9.17) is 9.47 Å². The maximum absolute atomic E-state index is 12.4. The number of benzene rings is 2. The molecule has 0 amide bonds. The molecule has 0 saturated carbocycles. The lowest BCUT2D eigenvalue weighted by Crippen LogP contribution is -2.13. The van der Waals surface area contributed by atoms with Gasteiger partial charge in [0.25, 0.3) is 0 Å². The van der Waals surface area contributed by atoms with Crippen LogP contribution in [0.5, 0.6) is 11.5 Å². The SMILES string of the molecule is COC(=O)c1ccc(OCC(=O)c2cc(C)ccc2C)c(OC)c1. The molecule has 0 N–H and O–H groups in total. The van der Waals surface area contributed by atoms with Crippen LogP contribution in [0.1, 0.15) is 31.8 Å². The zero-order chi connectivity index (χ0) is 17.7. The molecule has 0 fully saturated rings. The van der Waals surface area contributed by atoms with Gasteiger partial charge in [-0.1, -0.05) is 17.7 Å². The van der Waals surface area contributed by atoms with Gasteiger partial charge in [-0.25, -0.2) is 4.79 Å². The van der Waals surface area contributed by atoms with Crippen molar-refractivity contribution in [2.24, 2.45) is 0 Å². The summed E-state index contributed by atoms with van der Waals surface area (Å²) in [5.41, 5.74) is 2.91. The van der Waals surface area contributed by atoms with E-state index in [1.165, 1.54) is 20.3 Å². The van der Waals surface area contributed by atoms with Crippen molar-refractivity contribution in [1.29, 1.82) is 0 Å². The Morgan fingerprint density at radius 1 is 0.958 bits per heavy atom. The fraction of sp³-hybridized carbons (Fsp3) is 0.263. The molecular formula is C19H20O5. The Balaban J connectivity index is 2.15. The summed E-state index contributed by atoms with van der Waals surface area (Å²) in [6.07, 6.45) is 0. The second-order valence-electron chi connectivity index (χ2n) is 5.39. The second-order valence-corrected chi connectivity index (χ2v) is 5.39. The topological polar surface area (TPSA) is 61.8 Å². The van der Waals surface area contributed by atoms with Crippen molar-refractivity contribution >= 4 is 11.8 Å². The average Bonchev–Trinajstić information content (AvgIpc) is 2.60. The van der Waals surface area contributed by atoms with Crippen molar-refractivity contribution < 1.29 is 23.8 Å². The van der Waals surface area contributed by atoms with Crippen LogP contribution in [0.15, 0.2) is 36.4 Å². The van der Waals surface area contributed by atoms with Gasteiger partial charge in [0.2, 0.25) is 0 Å². The van der Waals surface area contributed by atoms with E-state index in [9.17, 15) is 9.59 Å². The fourth-order valence-corrected chi connectivity index (χ4v) is 2.29. The van der Waals surface area contributed by atoms with Gasteiger partial charge < -0.3 is 14.2 Å². The largest absolute Gasteiger partial charge is 0.493 e. The zero-order valence-corrected chi connectivity index (χ0v) is 14.2. The lowest BCUT2D eigenvalue weighted by molar-refractivity contribution is 0.0600. The third-order valence-electron chi connectivity index (χ3n) is 3.64. The third-order valence-corrected chi connectivity index (χ3v) is 3.64. The van der Waals surface area contributed by atoms with Crippen LogP contribution in [0, 0.1) is 13.8 Å². The van der Waals surface area contributed by atoms with Gasteiger partial charge in [-0.05, 0) is 43.7 Å². The Morgan fingerprint density at radius 2 is 1.71 bits per heavy atom. The van der Waals surface area contributed by atoms with E-state index in [1.54, 1.807) is 12.1 Å². The quantitative estimate of drug-likeness (QED) is 0.601. The molecule has 0 saturated heterocycles. The summed E-state index contributed by atoms with van der Waals surface area (Å²) in [5.74, 6) is 0.178. The van der Waals surface area contributed by atoms with Crippen molar-refractivity contribution in [2.75, 3.05) is 20.8 Å². The monoisotopic (exact) mass is 328 g/mol. The van der Waals surface area contributed by atoms with Crippen molar-refractivity contribution in [2.45, 2.75) is 13.8 Å². The number of rotatable bonds is 6. The van der Waals surface area contributed by atoms with E-state index in [2.05, 4.69) is 4.74 Å². The highest BCUT2D eigenvalue weighted by atomic mass is 16.5. The molecule has 5 heteroatoms. The van der Waals surface area contributed by atoms with Gasteiger partial charge in [-0.15, -0.1) is 0 Å². The first-order chi connectivity index (χ1) is 11.5. The fourth-order valence-electron chi connectivity index (χ4n) is 2.29. The van der Waals surface area contributed by atoms with Crippen molar-refractivity contribution in [3.8, 4) is 11.5 Å². The standard InChI is InChI=1S/C19H20O5/c1-12-5-6-13(2)15(9-12)16(20)11-24-17-8-7-14(19(21)23-4)10-18(17)22-3/h5-10H,11H2,1-4H3. The average molecular weight is 328 g/mol. The molecule has 0 aromatic heterocycles. The highest BCUT2D eigenvalue weighted by molar-refractivity contribution is 5.98. The second kappa shape index (κ2) is 7.64. The molecule has 2 aromatic carbocycles. The molecule has 126 valence electrons. The molecule has 0 unspecified atom stereocenters. The van der Waals surface area contributed by atoms with Crippen molar-refractivity contribution in [3.05, 3.63) is 58.7 Å². The highest BCUT2D eigenvalue weighted by Crippen LogP contribution is 2.28. The summed E-state index contributed by atoms with van der Waals surface area (Å²) >= 11 is 0. The van der Waals surface area contributed by atoms with Gasteiger partial charge in [0.1, 0.15) is 0 Å². The number of carbonyl (C=O) groups excluding carboxylic acids is 2. The van der Waals surface area contributed by atoms with E-state index in [0.717, 1.165) is 11.1 Å². The van der Waals surface area contributed by atoms with Crippen molar-refractivity contribution in [1.82, 2.24) is 0 Å². The predicted octanol–water partition coefficient (Wildman–Crippen LogP) is 3.36. The lowest BCUT2D eigenvalue weighted by atomic mass is 10.0. The van der Waals surface area contributed by atoms with Crippen LogP contribution >= 0.6 is 0 Å². The first kappa shape index (κ1) is 17.5. The Labute approximate surface area is 141 Å². The molecule has 0 radical (unpaired) electrons. The summed E-state index contributed by atoms with van der Waals surface area (Å²) in [6, 6.07) is 10.4. The minimum Gasteiger partial charge on any atom is -0.493 e. The van der Waals surface area contributed by atoms with E-state index in [1.807, 2.05) is 32.0 Å².